The van der Waals surface area contributed by atoms with Crippen molar-refractivity contribution in [2.24, 2.45) is 10.9 Å². The normalized spacial score (nSPS) is 14.3. The summed E-state index contributed by atoms with van der Waals surface area (Å²) in [6.45, 7) is 8.18. The molecule has 0 bridgehead atoms. The summed E-state index contributed by atoms with van der Waals surface area (Å²) in [5.41, 5.74) is 5.36. The first-order valence-corrected chi connectivity index (χ1v) is 10.2. The number of halogens is 3. The molecule has 0 aliphatic carbocycles. The molecule has 0 spiro atoms. The molecule has 0 fully saturated rings. The number of aliphatic imine (C=N–C) groups is 1. The van der Waals surface area contributed by atoms with E-state index in [1.165, 1.54) is 17.2 Å². The lowest BCUT2D eigenvalue weighted by molar-refractivity contribution is 0.621. The first kappa shape index (κ1) is 21.1. The van der Waals surface area contributed by atoms with Crippen molar-refractivity contribution in [3.63, 3.8) is 0 Å². The second kappa shape index (κ2) is 9.66. The fourth-order valence-electron chi connectivity index (χ4n) is 2.94. The van der Waals surface area contributed by atoms with Gasteiger partial charge in [-0.3, -0.25) is 4.99 Å². The molecule has 2 atom stereocenters. The predicted octanol–water partition coefficient (Wildman–Crippen LogP) is 7.43. The van der Waals surface area contributed by atoms with Gasteiger partial charge in [-0.05, 0) is 84.6 Å². The molecule has 0 N–H and O–H groups in total. The maximum Gasteiger partial charge on any atom is 0.139 e. The van der Waals surface area contributed by atoms with Crippen LogP contribution in [0.1, 0.15) is 43.9 Å². The molecule has 2 aromatic rings. The van der Waals surface area contributed by atoms with Crippen LogP contribution in [0.3, 0.4) is 0 Å². The Bertz CT molecular complexity index is 786. The minimum Gasteiger partial charge on any atom is -0.257 e. The Morgan fingerprint density at radius 1 is 1.19 bits per heavy atom. The number of hydrogen-bond donors (Lipinski definition) is 0. The van der Waals surface area contributed by atoms with Gasteiger partial charge >= 0.3 is 0 Å². The molecule has 0 heterocycles. The quantitative estimate of drug-likeness (QED) is 0.315. The van der Waals surface area contributed by atoms with Crippen molar-refractivity contribution in [3.05, 3.63) is 63.4 Å². The van der Waals surface area contributed by atoms with E-state index < -0.39 is 0 Å². The van der Waals surface area contributed by atoms with Gasteiger partial charge in [0.1, 0.15) is 5.82 Å². The summed E-state index contributed by atoms with van der Waals surface area (Å²) in [5.74, 6) is 0.0431. The van der Waals surface area contributed by atoms with E-state index in [2.05, 4.69) is 52.1 Å². The van der Waals surface area contributed by atoms with Crippen LogP contribution in [0.15, 0.2) is 45.9 Å². The third-order valence-corrected chi connectivity index (χ3v) is 5.48. The fraction of sp³-hybridized carbons (Fsp3) is 0.409. The number of benzene rings is 2. The van der Waals surface area contributed by atoms with Gasteiger partial charge in [-0.25, -0.2) is 4.39 Å². The third-order valence-electron chi connectivity index (χ3n) is 4.72. The minimum absolute atomic E-state index is 0.132. The molecule has 0 aromatic heterocycles. The Kier molecular flexibility index (Phi) is 7.85. The van der Waals surface area contributed by atoms with Crippen molar-refractivity contribution >= 4 is 38.9 Å². The van der Waals surface area contributed by atoms with Crippen molar-refractivity contribution in [1.29, 1.82) is 0 Å². The zero-order chi connectivity index (χ0) is 19.3. The van der Waals surface area contributed by atoms with E-state index in [4.69, 9.17) is 11.6 Å². The standard InChI is InChI=1S/C22H26BrClFN/c1-14(9-10-18-7-5-6-8-19(18)12-16(3)24)17(4)26-22-13-21(25)20(23)11-15(22)2/h5-8,11,13-14,16H,9-10,12H2,1-4H3. The van der Waals surface area contributed by atoms with Crippen LogP contribution in [0.25, 0.3) is 0 Å². The van der Waals surface area contributed by atoms with Crippen molar-refractivity contribution in [1.82, 2.24) is 0 Å². The van der Waals surface area contributed by atoms with Crippen LogP contribution >= 0.6 is 27.5 Å². The second-order valence-corrected chi connectivity index (χ2v) is 8.60. The van der Waals surface area contributed by atoms with E-state index in [9.17, 15) is 4.39 Å². The molecule has 0 saturated heterocycles. The molecular weight excluding hydrogens is 413 g/mol. The molecule has 1 nitrogen and oxygen atoms in total. The Morgan fingerprint density at radius 2 is 1.85 bits per heavy atom. The van der Waals surface area contributed by atoms with Gasteiger partial charge < -0.3 is 0 Å². The largest absolute Gasteiger partial charge is 0.257 e. The lowest BCUT2D eigenvalue weighted by atomic mass is 9.93. The van der Waals surface area contributed by atoms with E-state index in [1.54, 1.807) is 6.07 Å². The molecule has 2 rings (SSSR count). The first-order chi connectivity index (χ1) is 12.3. The number of nitrogens with zero attached hydrogens (tertiary/aromatic N) is 1. The topological polar surface area (TPSA) is 12.4 Å². The van der Waals surface area contributed by atoms with Crippen LogP contribution in [0.2, 0.25) is 0 Å². The highest BCUT2D eigenvalue weighted by Gasteiger charge is 2.11. The molecule has 4 heteroatoms. The Hall–Kier alpha value is -1.19. The minimum atomic E-state index is -0.279. The van der Waals surface area contributed by atoms with Crippen LogP contribution in [-0.2, 0) is 12.8 Å². The van der Waals surface area contributed by atoms with Crippen LogP contribution in [0.4, 0.5) is 10.1 Å². The van der Waals surface area contributed by atoms with Crippen molar-refractivity contribution in [2.75, 3.05) is 0 Å². The molecule has 0 aliphatic heterocycles. The zero-order valence-corrected chi connectivity index (χ0v) is 18.2. The SMILES string of the molecule is CC(=Nc1cc(F)c(Br)cc1C)C(C)CCc1ccccc1CC(C)Cl. The van der Waals surface area contributed by atoms with Gasteiger partial charge in [0, 0.05) is 17.2 Å². The third kappa shape index (κ3) is 5.92. The highest BCUT2D eigenvalue weighted by Crippen LogP contribution is 2.27. The van der Waals surface area contributed by atoms with Gasteiger partial charge in [0.2, 0.25) is 0 Å². The van der Waals surface area contributed by atoms with Crippen LogP contribution in [0, 0.1) is 18.7 Å². The van der Waals surface area contributed by atoms with Crippen molar-refractivity contribution < 1.29 is 4.39 Å². The Morgan fingerprint density at radius 3 is 2.50 bits per heavy atom. The molecule has 140 valence electrons. The highest BCUT2D eigenvalue weighted by molar-refractivity contribution is 9.10. The zero-order valence-electron chi connectivity index (χ0n) is 15.8. The number of alkyl halides is 1. The van der Waals surface area contributed by atoms with Crippen LogP contribution in [0.5, 0.6) is 0 Å². The summed E-state index contributed by atoms with van der Waals surface area (Å²) in [7, 11) is 0. The van der Waals surface area contributed by atoms with E-state index in [0.717, 1.165) is 30.5 Å². The summed E-state index contributed by atoms with van der Waals surface area (Å²) >= 11 is 9.39. The molecule has 0 saturated carbocycles. The summed E-state index contributed by atoms with van der Waals surface area (Å²) in [5, 5.41) is 0.132. The van der Waals surface area contributed by atoms with Gasteiger partial charge in [-0.2, -0.15) is 0 Å². The monoisotopic (exact) mass is 437 g/mol. The Balaban J connectivity index is 2.08. The van der Waals surface area contributed by atoms with Gasteiger partial charge in [0.25, 0.3) is 0 Å². The lowest BCUT2D eigenvalue weighted by Gasteiger charge is -2.15. The summed E-state index contributed by atoms with van der Waals surface area (Å²) < 4.78 is 14.3. The second-order valence-electron chi connectivity index (χ2n) is 7.00. The van der Waals surface area contributed by atoms with Crippen LogP contribution < -0.4 is 0 Å². The summed E-state index contributed by atoms with van der Waals surface area (Å²) in [4.78, 5) is 4.68. The number of hydrogen-bond acceptors (Lipinski definition) is 1. The smallest absolute Gasteiger partial charge is 0.139 e. The van der Waals surface area contributed by atoms with Gasteiger partial charge in [-0.15, -0.1) is 11.6 Å². The maximum absolute atomic E-state index is 13.8. The fourth-order valence-corrected chi connectivity index (χ4v) is 3.56. The Labute approximate surface area is 169 Å². The van der Waals surface area contributed by atoms with Gasteiger partial charge in [-0.1, -0.05) is 31.2 Å². The van der Waals surface area contributed by atoms with Crippen molar-refractivity contribution in [3.8, 4) is 0 Å². The summed E-state index contributed by atoms with van der Waals surface area (Å²) in [6, 6.07) is 11.8. The molecule has 26 heavy (non-hydrogen) atoms. The van der Waals surface area contributed by atoms with E-state index in [0.29, 0.717) is 16.1 Å². The highest BCUT2D eigenvalue weighted by atomic mass is 79.9. The molecule has 0 amide bonds. The lowest BCUT2D eigenvalue weighted by Crippen LogP contribution is -2.09. The summed E-state index contributed by atoms with van der Waals surface area (Å²) in [6.07, 6.45) is 2.87. The predicted molar refractivity (Wildman–Crippen MR) is 115 cm³/mol. The van der Waals surface area contributed by atoms with Gasteiger partial charge in [0.15, 0.2) is 0 Å². The maximum atomic E-state index is 13.8. The van der Waals surface area contributed by atoms with E-state index in [-0.39, 0.29) is 11.2 Å². The molecule has 2 unspecified atom stereocenters. The molecule has 0 radical (unpaired) electrons. The number of rotatable bonds is 7. The van der Waals surface area contributed by atoms with E-state index in [1.807, 2.05) is 20.8 Å². The molecule has 0 aliphatic rings. The average molecular weight is 439 g/mol. The van der Waals surface area contributed by atoms with Gasteiger partial charge in [0.05, 0.1) is 10.2 Å². The van der Waals surface area contributed by atoms with Crippen molar-refractivity contribution in [2.45, 2.75) is 52.3 Å². The molecule has 2 aromatic carbocycles. The van der Waals surface area contributed by atoms with E-state index >= 15 is 0 Å². The first-order valence-electron chi connectivity index (χ1n) is 8.99. The number of aryl methyl sites for hydroxylation is 2. The average Bonchev–Trinajstić information content (AvgIpc) is 2.58. The molecular formula is C22H26BrClFN. The van der Waals surface area contributed by atoms with Crippen LogP contribution in [-0.4, -0.2) is 11.1 Å².